The summed E-state index contributed by atoms with van der Waals surface area (Å²) in [5.41, 5.74) is 0.329. The smallest absolute Gasteiger partial charge is 0.0252 e. The van der Waals surface area contributed by atoms with Gasteiger partial charge in [0.1, 0.15) is 0 Å². The van der Waals surface area contributed by atoms with Crippen molar-refractivity contribution in [3.63, 3.8) is 0 Å². The van der Waals surface area contributed by atoms with E-state index in [1.54, 1.807) is 0 Å². The Morgan fingerprint density at radius 3 is 2.31 bits per heavy atom. The number of rotatable bonds is 4. The predicted octanol–water partition coefficient (Wildman–Crippen LogP) is 2.11. The van der Waals surface area contributed by atoms with Crippen LogP contribution in [-0.2, 0) is 0 Å². The van der Waals surface area contributed by atoms with Gasteiger partial charge in [0.25, 0.3) is 0 Å². The molecule has 2 saturated carbocycles. The molecule has 0 aromatic carbocycles. The molecule has 0 bridgehead atoms. The minimum Gasteiger partial charge on any atom is -0.309 e. The summed E-state index contributed by atoms with van der Waals surface area (Å²) in [6.07, 6.45) is 6.10. The summed E-state index contributed by atoms with van der Waals surface area (Å²) in [6.45, 7) is 9.74. The molecule has 1 heterocycles. The zero-order valence-electron chi connectivity index (χ0n) is 10.8. The van der Waals surface area contributed by atoms with E-state index in [9.17, 15) is 0 Å². The quantitative estimate of drug-likeness (QED) is 0.784. The van der Waals surface area contributed by atoms with Crippen molar-refractivity contribution in [1.29, 1.82) is 0 Å². The maximum Gasteiger partial charge on any atom is 0.0252 e. The Bertz CT molecular complexity index is 241. The summed E-state index contributed by atoms with van der Waals surface area (Å²) in [4.78, 5) is 2.72. The van der Waals surface area contributed by atoms with Gasteiger partial charge in [0.05, 0.1) is 0 Å². The Morgan fingerprint density at radius 2 is 1.81 bits per heavy atom. The minimum atomic E-state index is 0.329. The van der Waals surface area contributed by atoms with Crippen LogP contribution in [0.4, 0.5) is 0 Å². The Hall–Kier alpha value is -0.0800. The molecule has 1 N–H and O–H groups in total. The number of hydrogen-bond acceptors (Lipinski definition) is 2. The number of hydrogen-bond donors (Lipinski definition) is 1. The molecule has 0 unspecified atom stereocenters. The van der Waals surface area contributed by atoms with Gasteiger partial charge in [-0.15, -0.1) is 0 Å². The van der Waals surface area contributed by atoms with Gasteiger partial charge < -0.3 is 5.32 Å². The summed E-state index contributed by atoms with van der Waals surface area (Å²) in [5, 5.41) is 3.61. The average Bonchev–Trinajstić information content (AvgIpc) is 3.06. The molecular formula is C14H26N2. The van der Waals surface area contributed by atoms with Crippen molar-refractivity contribution in [2.24, 2.45) is 17.8 Å². The lowest BCUT2D eigenvalue weighted by atomic mass is 9.95. The van der Waals surface area contributed by atoms with Crippen LogP contribution in [-0.4, -0.2) is 36.6 Å². The molecule has 0 atom stereocenters. The highest BCUT2D eigenvalue weighted by atomic mass is 15.2. The average molecular weight is 222 g/mol. The van der Waals surface area contributed by atoms with Crippen molar-refractivity contribution in [2.75, 3.05) is 26.2 Å². The maximum atomic E-state index is 3.61. The van der Waals surface area contributed by atoms with Crippen LogP contribution < -0.4 is 5.32 Å². The third kappa shape index (κ3) is 2.60. The van der Waals surface area contributed by atoms with Crippen LogP contribution in [0.3, 0.4) is 0 Å². The van der Waals surface area contributed by atoms with Crippen molar-refractivity contribution in [2.45, 2.75) is 45.1 Å². The zero-order chi connectivity index (χ0) is 11.2. The Morgan fingerprint density at radius 1 is 1.19 bits per heavy atom. The molecule has 3 fully saturated rings. The highest BCUT2D eigenvalue weighted by Gasteiger charge is 2.42. The lowest BCUT2D eigenvalue weighted by molar-refractivity contribution is 0.123. The van der Waals surface area contributed by atoms with Gasteiger partial charge >= 0.3 is 0 Å². The monoisotopic (exact) mass is 222 g/mol. The fourth-order valence-corrected chi connectivity index (χ4v) is 3.43. The second-order valence-corrected chi connectivity index (χ2v) is 6.88. The van der Waals surface area contributed by atoms with E-state index in [1.807, 2.05) is 0 Å². The van der Waals surface area contributed by atoms with Gasteiger partial charge in [-0.2, -0.15) is 0 Å². The number of piperazine rings is 1. The van der Waals surface area contributed by atoms with Crippen LogP contribution in [0.25, 0.3) is 0 Å². The highest BCUT2D eigenvalue weighted by Crippen LogP contribution is 2.49. The summed E-state index contributed by atoms with van der Waals surface area (Å²) in [6, 6.07) is 0. The third-order valence-corrected chi connectivity index (χ3v) is 4.57. The van der Waals surface area contributed by atoms with Gasteiger partial charge in [-0.3, -0.25) is 4.90 Å². The standard InChI is InChI=1S/C14H26N2/c1-14(2)10-16(8-7-15-14)9-13(11-3-4-11)12-5-6-12/h11-13,15H,3-10H2,1-2H3. The van der Waals surface area contributed by atoms with Crippen LogP contribution in [0.5, 0.6) is 0 Å². The van der Waals surface area contributed by atoms with Crippen LogP contribution in [0, 0.1) is 17.8 Å². The van der Waals surface area contributed by atoms with E-state index in [0.717, 1.165) is 17.8 Å². The topological polar surface area (TPSA) is 15.3 Å². The van der Waals surface area contributed by atoms with Gasteiger partial charge in [-0.05, 0) is 57.3 Å². The number of nitrogens with one attached hydrogen (secondary N) is 1. The van der Waals surface area contributed by atoms with Crippen LogP contribution in [0.1, 0.15) is 39.5 Å². The van der Waals surface area contributed by atoms with Crippen molar-refractivity contribution >= 4 is 0 Å². The lowest BCUT2D eigenvalue weighted by Crippen LogP contribution is -2.57. The first-order valence-electron chi connectivity index (χ1n) is 7.11. The van der Waals surface area contributed by atoms with E-state index in [0.29, 0.717) is 5.54 Å². The number of nitrogens with zero attached hydrogens (tertiary/aromatic N) is 1. The molecule has 1 saturated heterocycles. The SMILES string of the molecule is CC1(C)CN(CC(C2CC2)C2CC2)CCN1. The van der Waals surface area contributed by atoms with Crippen LogP contribution in [0.2, 0.25) is 0 Å². The molecule has 0 radical (unpaired) electrons. The van der Waals surface area contributed by atoms with Crippen molar-refractivity contribution in [3.8, 4) is 0 Å². The first-order valence-corrected chi connectivity index (χ1v) is 7.11. The zero-order valence-corrected chi connectivity index (χ0v) is 10.8. The molecular weight excluding hydrogens is 196 g/mol. The Kier molecular flexibility index (Phi) is 2.75. The second kappa shape index (κ2) is 3.99. The normalized spacial score (nSPS) is 30.9. The van der Waals surface area contributed by atoms with Gasteiger partial charge in [-0.1, -0.05) is 0 Å². The Balaban J connectivity index is 1.55. The molecule has 0 amide bonds. The van der Waals surface area contributed by atoms with E-state index < -0.39 is 0 Å². The summed E-state index contributed by atoms with van der Waals surface area (Å²) < 4.78 is 0. The van der Waals surface area contributed by atoms with Crippen molar-refractivity contribution < 1.29 is 0 Å². The first kappa shape index (κ1) is 11.0. The molecule has 16 heavy (non-hydrogen) atoms. The highest BCUT2D eigenvalue weighted by molar-refractivity contribution is 4.95. The molecule has 92 valence electrons. The van der Waals surface area contributed by atoms with Crippen LogP contribution >= 0.6 is 0 Å². The van der Waals surface area contributed by atoms with E-state index in [-0.39, 0.29) is 0 Å². The first-order chi connectivity index (χ1) is 7.64. The fraction of sp³-hybridized carbons (Fsp3) is 1.00. The molecule has 3 rings (SSSR count). The third-order valence-electron chi connectivity index (χ3n) is 4.57. The van der Waals surface area contributed by atoms with Crippen LogP contribution in [0.15, 0.2) is 0 Å². The van der Waals surface area contributed by atoms with E-state index in [1.165, 1.54) is 51.9 Å². The molecule has 1 aliphatic heterocycles. The van der Waals surface area contributed by atoms with Gasteiger partial charge in [0, 0.05) is 31.7 Å². The van der Waals surface area contributed by atoms with Gasteiger partial charge in [0.2, 0.25) is 0 Å². The molecule has 2 nitrogen and oxygen atoms in total. The Labute approximate surface area is 99.8 Å². The molecule has 2 heteroatoms. The van der Waals surface area contributed by atoms with E-state index >= 15 is 0 Å². The van der Waals surface area contributed by atoms with Crippen molar-refractivity contribution in [1.82, 2.24) is 10.2 Å². The molecule has 3 aliphatic rings. The predicted molar refractivity (Wildman–Crippen MR) is 67.5 cm³/mol. The largest absolute Gasteiger partial charge is 0.309 e. The molecule has 2 aliphatic carbocycles. The van der Waals surface area contributed by atoms with E-state index in [4.69, 9.17) is 0 Å². The second-order valence-electron chi connectivity index (χ2n) is 6.88. The molecule has 0 aromatic heterocycles. The lowest BCUT2D eigenvalue weighted by Gasteiger charge is -2.40. The molecule has 0 spiro atoms. The minimum absolute atomic E-state index is 0.329. The molecule has 0 aromatic rings. The van der Waals surface area contributed by atoms with Crippen molar-refractivity contribution in [3.05, 3.63) is 0 Å². The summed E-state index contributed by atoms with van der Waals surface area (Å²) >= 11 is 0. The summed E-state index contributed by atoms with van der Waals surface area (Å²) in [5.74, 6) is 3.25. The van der Waals surface area contributed by atoms with E-state index in [2.05, 4.69) is 24.1 Å². The van der Waals surface area contributed by atoms with Gasteiger partial charge in [-0.25, -0.2) is 0 Å². The summed E-state index contributed by atoms with van der Waals surface area (Å²) in [7, 11) is 0. The fourth-order valence-electron chi connectivity index (χ4n) is 3.43. The maximum absolute atomic E-state index is 3.61. The van der Waals surface area contributed by atoms with Gasteiger partial charge in [0.15, 0.2) is 0 Å².